The average molecular weight is 434 g/mol. The molecule has 0 spiro atoms. The number of anilines is 1. The smallest absolute Gasteiger partial charge is 0.228 e. The molecule has 28 heavy (non-hydrogen) atoms. The maximum absolute atomic E-state index is 12.3. The van der Waals surface area contributed by atoms with Crippen LogP contribution in [0.5, 0.6) is 0 Å². The quantitative estimate of drug-likeness (QED) is 0.597. The van der Waals surface area contributed by atoms with Gasteiger partial charge in [-0.25, -0.2) is 8.42 Å². The van der Waals surface area contributed by atoms with Gasteiger partial charge in [-0.15, -0.1) is 0 Å². The van der Waals surface area contributed by atoms with Gasteiger partial charge < -0.3 is 5.32 Å². The van der Waals surface area contributed by atoms with Crippen molar-refractivity contribution < 1.29 is 13.2 Å². The van der Waals surface area contributed by atoms with E-state index in [9.17, 15) is 13.2 Å². The second kappa shape index (κ2) is 8.35. The minimum absolute atomic E-state index is 0.0969. The van der Waals surface area contributed by atoms with Crippen molar-refractivity contribution in [2.45, 2.75) is 11.3 Å². The Morgan fingerprint density at radius 1 is 0.929 bits per heavy atom. The summed E-state index contributed by atoms with van der Waals surface area (Å²) in [7, 11) is -3.26. The van der Waals surface area contributed by atoms with E-state index in [0.717, 1.165) is 11.8 Å². The molecule has 0 atom stereocenters. The number of sulfone groups is 1. The molecule has 0 bridgehead atoms. The van der Waals surface area contributed by atoms with Crippen LogP contribution < -0.4 is 5.32 Å². The molecule has 0 heterocycles. The van der Waals surface area contributed by atoms with E-state index in [1.54, 1.807) is 24.3 Å². The fourth-order valence-electron chi connectivity index (χ4n) is 2.77. The first-order chi connectivity index (χ1) is 13.2. The van der Waals surface area contributed by atoms with Crippen molar-refractivity contribution in [1.29, 1.82) is 0 Å². The second-order valence-corrected chi connectivity index (χ2v) is 9.15. The standard InChI is InChI=1S/C21H17Cl2NO3S/c1-28(26,27)17-9-7-14(8-10-17)11-20(25)24-16-12-18(22)21(19(23)13-16)15-5-3-2-4-6-15/h2-10,12-13H,11H2,1H3,(H,24,25). The minimum atomic E-state index is -3.26. The summed E-state index contributed by atoms with van der Waals surface area (Å²) < 4.78 is 23.0. The highest BCUT2D eigenvalue weighted by Crippen LogP contribution is 2.37. The largest absolute Gasteiger partial charge is 0.326 e. The van der Waals surface area contributed by atoms with Crippen LogP contribution in [0.2, 0.25) is 10.0 Å². The average Bonchev–Trinajstić information content (AvgIpc) is 2.61. The van der Waals surface area contributed by atoms with Crippen molar-refractivity contribution >= 4 is 44.6 Å². The molecule has 3 rings (SSSR count). The Balaban J connectivity index is 1.74. The van der Waals surface area contributed by atoms with E-state index in [-0.39, 0.29) is 17.2 Å². The van der Waals surface area contributed by atoms with Crippen LogP contribution in [0.1, 0.15) is 5.56 Å². The molecule has 0 aliphatic carbocycles. The summed E-state index contributed by atoms with van der Waals surface area (Å²) in [6, 6.07) is 19.0. The molecule has 3 aromatic carbocycles. The highest BCUT2D eigenvalue weighted by Gasteiger charge is 2.13. The molecule has 0 saturated carbocycles. The lowest BCUT2D eigenvalue weighted by Gasteiger charge is -2.11. The topological polar surface area (TPSA) is 63.2 Å². The predicted molar refractivity (Wildman–Crippen MR) is 114 cm³/mol. The van der Waals surface area contributed by atoms with Crippen LogP contribution in [-0.2, 0) is 21.1 Å². The molecular weight excluding hydrogens is 417 g/mol. The molecule has 0 unspecified atom stereocenters. The van der Waals surface area contributed by atoms with E-state index in [0.29, 0.717) is 26.9 Å². The van der Waals surface area contributed by atoms with Crippen LogP contribution in [-0.4, -0.2) is 20.6 Å². The molecule has 1 N–H and O–H groups in total. The Hall–Kier alpha value is -2.34. The number of carbonyl (C=O) groups excluding carboxylic acids is 1. The number of hydrogen-bond acceptors (Lipinski definition) is 3. The third-order valence-corrected chi connectivity index (χ3v) is 5.83. The van der Waals surface area contributed by atoms with E-state index in [1.807, 2.05) is 30.3 Å². The molecule has 0 radical (unpaired) electrons. The Morgan fingerprint density at radius 3 is 2.04 bits per heavy atom. The van der Waals surface area contributed by atoms with Gasteiger partial charge in [0, 0.05) is 17.5 Å². The van der Waals surface area contributed by atoms with Crippen LogP contribution >= 0.6 is 23.2 Å². The monoisotopic (exact) mass is 433 g/mol. The van der Waals surface area contributed by atoms with Crippen LogP contribution in [0.25, 0.3) is 11.1 Å². The summed E-state index contributed by atoms with van der Waals surface area (Å²) in [5, 5.41) is 3.64. The number of hydrogen-bond donors (Lipinski definition) is 1. The lowest BCUT2D eigenvalue weighted by molar-refractivity contribution is -0.115. The van der Waals surface area contributed by atoms with E-state index in [1.165, 1.54) is 12.1 Å². The van der Waals surface area contributed by atoms with Crippen LogP contribution in [0, 0.1) is 0 Å². The summed E-state index contributed by atoms with van der Waals surface area (Å²) in [6.45, 7) is 0. The SMILES string of the molecule is CS(=O)(=O)c1ccc(CC(=O)Nc2cc(Cl)c(-c3ccccc3)c(Cl)c2)cc1. The van der Waals surface area contributed by atoms with Gasteiger partial charge in [0.05, 0.1) is 21.4 Å². The zero-order valence-corrected chi connectivity index (χ0v) is 17.3. The lowest BCUT2D eigenvalue weighted by Crippen LogP contribution is -2.14. The Kier molecular flexibility index (Phi) is 6.08. The second-order valence-electron chi connectivity index (χ2n) is 6.32. The zero-order chi connectivity index (χ0) is 20.3. The van der Waals surface area contributed by atoms with Crippen LogP contribution in [0.15, 0.2) is 71.6 Å². The maximum Gasteiger partial charge on any atom is 0.228 e. The van der Waals surface area contributed by atoms with Gasteiger partial charge in [-0.05, 0) is 35.4 Å². The Morgan fingerprint density at radius 2 is 1.50 bits per heavy atom. The fourth-order valence-corrected chi connectivity index (χ4v) is 4.11. The molecule has 0 saturated heterocycles. The number of carbonyl (C=O) groups is 1. The zero-order valence-electron chi connectivity index (χ0n) is 14.9. The van der Waals surface area contributed by atoms with E-state index < -0.39 is 9.84 Å². The molecule has 0 fully saturated rings. The Labute approximate surface area is 174 Å². The summed E-state index contributed by atoms with van der Waals surface area (Å²) in [4.78, 5) is 12.5. The van der Waals surface area contributed by atoms with Gasteiger partial charge in [0.1, 0.15) is 0 Å². The van der Waals surface area contributed by atoms with Crippen molar-refractivity contribution in [2.75, 3.05) is 11.6 Å². The number of rotatable bonds is 5. The minimum Gasteiger partial charge on any atom is -0.326 e. The van der Waals surface area contributed by atoms with Gasteiger partial charge in [-0.1, -0.05) is 65.7 Å². The molecule has 7 heteroatoms. The first kappa shape index (κ1) is 20.4. The molecule has 1 amide bonds. The van der Waals surface area contributed by atoms with Crippen molar-refractivity contribution in [1.82, 2.24) is 0 Å². The molecule has 0 aromatic heterocycles. The normalized spacial score (nSPS) is 11.2. The highest BCUT2D eigenvalue weighted by atomic mass is 35.5. The van der Waals surface area contributed by atoms with Gasteiger partial charge in [0.2, 0.25) is 5.91 Å². The molecular formula is C21H17Cl2NO3S. The fraction of sp³-hybridized carbons (Fsp3) is 0.0952. The molecule has 4 nitrogen and oxygen atoms in total. The molecule has 0 aliphatic rings. The van der Waals surface area contributed by atoms with E-state index in [4.69, 9.17) is 23.2 Å². The molecule has 144 valence electrons. The molecule has 0 aliphatic heterocycles. The maximum atomic E-state index is 12.3. The number of amides is 1. The number of nitrogens with one attached hydrogen (secondary N) is 1. The first-order valence-corrected chi connectivity index (χ1v) is 11.0. The van der Waals surface area contributed by atoms with Gasteiger partial charge >= 0.3 is 0 Å². The van der Waals surface area contributed by atoms with Gasteiger partial charge in [-0.3, -0.25) is 4.79 Å². The summed E-state index contributed by atoms with van der Waals surface area (Å²) in [5.74, 6) is -0.258. The third-order valence-electron chi connectivity index (χ3n) is 4.10. The van der Waals surface area contributed by atoms with Crippen molar-refractivity contribution in [3.63, 3.8) is 0 Å². The van der Waals surface area contributed by atoms with Gasteiger partial charge in [0.25, 0.3) is 0 Å². The summed E-state index contributed by atoms with van der Waals surface area (Å²) in [6.07, 6.45) is 1.24. The summed E-state index contributed by atoms with van der Waals surface area (Å²) >= 11 is 12.8. The van der Waals surface area contributed by atoms with Crippen molar-refractivity contribution in [3.8, 4) is 11.1 Å². The van der Waals surface area contributed by atoms with Crippen molar-refractivity contribution in [3.05, 3.63) is 82.3 Å². The van der Waals surface area contributed by atoms with Crippen LogP contribution in [0.3, 0.4) is 0 Å². The first-order valence-electron chi connectivity index (χ1n) is 8.37. The van der Waals surface area contributed by atoms with E-state index in [2.05, 4.69) is 5.32 Å². The lowest BCUT2D eigenvalue weighted by atomic mass is 10.0. The Bertz CT molecular complexity index is 1090. The number of halogens is 2. The van der Waals surface area contributed by atoms with Gasteiger partial charge in [0.15, 0.2) is 9.84 Å². The predicted octanol–water partition coefficient (Wildman–Crippen LogP) is 5.25. The third kappa shape index (κ3) is 4.93. The number of benzene rings is 3. The highest BCUT2D eigenvalue weighted by molar-refractivity contribution is 7.90. The van der Waals surface area contributed by atoms with Crippen LogP contribution in [0.4, 0.5) is 5.69 Å². The van der Waals surface area contributed by atoms with Gasteiger partial charge in [-0.2, -0.15) is 0 Å². The van der Waals surface area contributed by atoms with E-state index >= 15 is 0 Å². The molecule has 3 aromatic rings. The summed E-state index contributed by atoms with van der Waals surface area (Å²) in [5.41, 5.74) is 2.79. The van der Waals surface area contributed by atoms with Crippen molar-refractivity contribution in [2.24, 2.45) is 0 Å².